The summed E-state index contributed by atoms with van der Waals surface area (Å²) in [6, 6.07) is 10.1. The quantitative estimate of drug-likeness (QED) is 0.781. The van der Waals surface area contributed by atoms with Gasteiger partial charge in [0.15, 0.2) is 0 Å². The maximum atomic E-state index is 4.46. The van der Waals surface area contributed by atoms with Gasteiger partial charge in [0.2, 0.25) is 0 Å². The molecule has 1 atom stereocenters. The van der Waals surface area contributed by atoms with Gasteiger partial charge in [-0.25, -0.2) is 0 Å². The molecule has 1 aliphatic heterocycles. The molecule has 1 unspecified atom stereocenters. The first-order valence-corrected chi connectivity index (χ1v) is 7.17. The Hall–Kier alpha value is -1.90. The molecule has 2 aromatic heterocycles. The van der Waals surface area contributed by atoms with Gasteiger partial charge >= 0.3 is 0 Å². The normalized spacial score (nSPS) is 19.8. The van der Waals surface area contributed by atoms with Gasteiger partial charge in [-0.15, -0.1) is 5.70 Å². The number of hydrogen-bond acceptors (Lipinski definition) is 2. The maximum absolute atomic E-state index is 4.46. The first kappa shape index (κ1) is 16.5. The van der Waals surface area contributed by atoms with Crippen molar-refractivity contribution in [3.8, 4) is 0 Å². The van der Waals surface area contributed by atoms with Crippen LogP contribution < -0.4 is 0 Å². The molecule has 0 saturated carbocycles. The fraction of sp³-hybridized carbons (Fsp3) is 0.222. The van der Waals surface area contributed by atoms with E-state index in [1.807, 2.05) is 36.8 Å². The summed E-state index contributed by atoms with van der Waals surface area (Å²) in [5.41, 5.74) is 3.21. The molecular weight excluding hydrogens is 314 g/mol. The average molecular weight is 332 g/mol. The monoisotopic (exact) mass is 332 g/mol. The molecule has 0 fully saturated rings. The standard InChI is InChI=1S/C18H18N3.Fe/c1-18(8-5-15-6-11-19-12-7-15)9-13-21-17(14-18)16-4-2-3-10-20-16;/h2-4,6-7,9-14H,5,8H2,1H3;/q-1;. The van der Waals surface area contributed by atoms with Crippen molar-refractivity contribution in [2.75, 3.05) is 0 Å². The van der Waals surface area contributed by atoms with E-state index >= 15 is 0 Å². The Labute approximate surface area is 142 Å². The summed E-state index contributed by atoms with van der Waals surface area (Å²) in [5, 5.41) is 4.46. The van der Waals surface area contributed by atoms with Crippen LogP contribution >= 0.6 is 0 Å². The van der Waals surface area contributed by atoms with Crippen LogP contribution in [-0.4, -0.2) is 9.97 Å². The summed E-state index contributed by atoms with van der Waals surface area (Å²) < 4.78 is 0. The van der Waals surface area contributed by atoms with Crippen LogP contribution in [0.5, 0.6) is 0 Å². The second kappa shape index (κ2) is 7.39. The first-order chi connectivity index (χ1) is 10.3. The molecule has 0 N–H and O–H groups in total. The Kier molecular flexibility index (Phi) is 5.53. The molecule has 3 nitrogen and oxygen atoms in total. The van der Waals surface area contributed by atoms with Crippen LogP contribution in [0.15, 0.2) is 67.3 Å². The van der Waals surface area contributed by atoms with Crippen molar-refractivity contribution >= 4 is 5.70 Å². The minimum atomic E-state index is 0. The number of nitrogens with zero attached hydrogens (tertiary/aromatic N) is 3. The van der Waals surface area contributed by atoms with Crippen molar-refractivity contribution in [2.45, 2.75) is 19.8 Å². The number of aromatic nitrogens is 2. The molecule has 114 valence electrons. The third-order valence-electron chi connectivity index (χ3n) is 3.76. The predicted octanol–water partition coefficient (Wildman–Crippen LogP) is 4.36. The Morgan fingerprint density at radius 3 is 2.64 bits per heavy atom. The van der Waals surface area contributed by atoms with Gasteiger partial charge in [0.1, 0.15) is 0 Å². The Morgan fingerprint density at radius 2 is 1.91 bits per heavy atom. The number of allylic oxidation sites excluding steroid dienone is 2. The van der Waals surface area contributed by atoms with Crippen molar-refractivity contribution in [3.63, 3.8) is 0 Å². The molecule has 0 aromatic carbocycles. The molecule has 0 aliphatic carbocycles. The zero-order valence-corrected chi connectivity index (χ0v) is 13.6. The van der Waals surface area contributed by atoms with E-state index < -0.39 is 0 Å². The van der Waals surface area contributed by atoms with Crippen molar-refractivity contribution < 1.29 is 17.1 Å². The minimum Gasteiger partial charge on any atom is -0.663 e. The summed E-state index contributed by atoms with van der Waals surface area (Å²) in [7, 11) is 0. The Bertz CT molecular complexity index is 653. The van der Waals surface area contributed by atoms with E-state index in [-0.39, 0.29) is 22.5 Å². The van der Waals surface area contributed by atoms with Crippen molar-refractivity contribution in [1.82, 2.24) is 9.97 Å². The van der Waals surface area contributed by atoms with Gasteiger partial charge in [-0.1, -0.05) is 25.1 Å². The zero-order valence-electron chi connectivity index (χ0n) is 12.5. The fourth-order valence-electron chi connectivity index (χ4n) is 2.46. The molecule has 0 spiro atoms. The fourth-order valence-corrected chi connectivity index (χ4v) is 2.46. The molecule has 2 aromatic rings. The number of aryl methyl sites for hydroxylation is 1. The van der Waals surface area contributed by atoms with Crippen molar-refractivity contribution in [3.05, 3.63) is 83.8 Å². The number of hydrogen-bond donors (Lipinski definition) is 0. The van der Waals surface area contributed by atoms with Crippen LogP contribution in [0.2, 0.25) is 0 Å². The molecule has 0 bridgehead atoms. The molecule has 3 heterocycles. The van der Waals surface area contributed by atoms with Gasteiger partial charge in [-0.3, -0.25) is 9.97 Å². The molecule has 0 saturated heterocycles. The van der Waals surface area contributed by atoms with E-state index in [0.29, 0.717) is 0 Å². The molecule has 0 amide bonds. The summed E-state index contributed by atoms with van der Waals surface area (Å²) in [6.07, 6.45) is 13.8. The number of pyridine rings is 2. The smallest absolute Gasteiger partial charge is 0.0480 e. The van der Waals surface area contributed by atoms with Gasteiger partial charge in [0, 0.05) is 46.8 Å². The molecule has 3 rings (SSSR count). The predicted molar refractivity (Wildman–Crippen MR) is 85.4 cm³/mol. The van der Waals surface area contributed by atoms with Crippen LogP contribution in [0.25, 0.3) is 11.0 Å². The van der Waals surface area contributed by atoms with Crippen LogP contribution in [-0.2, 0) is 23.5 Å². The molecule has 4 heteroatoms. The second-order valence-electron chi connectivity index (χ2n) is 5.55. The summed E-state index contributed by atoms with van der Waals surface area (Å²) in [6.45, 7) is 2.24. The third kappa shape index (κ3) is 4.06. The van der Waals surface area contributed by atoms with Gasteiger partial charge in [0.05, 0.1) is 0 Å². The van der Waals surface area contributed by atoms with Crippen molar-refractivity contribution in [1.29, 1.82) is 0 Å². The maximum Gasteiger partial charge on any atom is 0.0480 e. The van der Waals surface area contributed by atoms with Crippen LogP contribution in [0.4, 0.5) is 0 Å². The van der Waals surface area contributed by atoms with E-state index in [0.717, 1.165) is 24.2 Å². The summed E-state index contributed by atoms with van der Waals surface area (Å²) >= 11 is 0. The van der Waals surface area contributed by atoms with E-state index in [2.05, 4.69) is 46.5 Å². The topological polar surface area (TPSA) is 39.9 Å². The third-order valence-corrected chi connectivity index (χ3v) is 3.76. The second-order valence-corrected chi connectivity index (χ2v) is 5.55. The minimum absolute atomic E-state index is 0. The zero-order chi connectivity index (χ0) is 14.5. The van der Waals surface area contributed by atoms with Crippen LogP contribution in [0.3, 0.4) is 0 Å². The van der Waals surface area contributed by atoms with Crippen LogP contribution in [0, 0.1) is 5.41 Å². The first-order valence-electron chi connectivity index (χ1n) is 7.17. The van der Waals surface area contributed by atoms with Crippen LogP contribution in [0.1, 0.15) is 24.6 Å². The molecule has 22 heavy (non-hydrogen) atoms. The average Bonchev–Trinajstić information content (AvgIpc) is 2.55. The van der Waals surface area contributed by atoms with Crippen molar-refractivity contribution in [2.24, 2.45) is 5.41 Å². The largest absolute Gasteiger partial charge is 0.663 e. The molecular formula is C18H18FeN3-. The van der Waals surface area contributed by atoms with Gasteiger partial charge < -0.3 is 5.32 Å². The SMILES string of the molecule is CC1(CCc2ccncc2)C=C[N-]C(c2ccccn2)=C1.[Fe]. The van der Waals surface area contributed by atoms with Gasteiger partial charge in [-0.2, -0.15) is 6.20 Å². The van der Waals surface area contributed by atoms with Gasteiger partial charge in [0.25, 0.3) is 0 Å². The number of rotatable bonds is 4. The Morgan fingerprint density at radius 1 is 1.09 bits per heavy atom. The summed E-state index contributed by atoms with van der Waals surface area (Å²) in [5.74, 6) is 0. The molecule has 0 radical (unpaired) electrons. The Balaban J connectivity index is 0.00000176. The van der Waals surface area contributed by atoms with E-state index in [4.69, 9.17) is 0 Å². The molecule has 1 aliphatic rings. The summed E-state index contributed by atoms with van der Waals surface area (Å²) in [4.78, 5) is 8.44. The van der Waals surface area contributed by atoms with E-state index in [1.54, 1.807) is 6.20 Å². The van der Waals surface area contributed by atoms with E-state index in [9.17, 15) is 0 Å². The van der Waals surface area contributed by atoms with E-state index in [1.165, 1.54) is 5.56 Å². The van der Waals surface area contributed by atoms with Gasteiger partial charge in [-0.05, 0) is 42.7 Å².